The monoisotopic (exact) mass is 475 g/mol. The van der Waals surface area contributed by atoms with Crippen LogP contribution >= 0.6 is 0 Å². The van der Waals surface area contributed by atoms with Crippen molar-refractivity contribution in [2.24, 2.45) is 11.7 Å². The van der Waals surface area contributed by atoms with E-state index >= 15 is 0 Å². The summed E-state index contributed by atoms with van der Waals surface area (Å²) in [7, 11) is 0. The average molecular weight is 476 g/mol. The van der Waals surface area contributed by atoms with Crippen molar-refractivity contribution in [2.75, 3.05) is 5.32 Å². The van der Waals surface area contributed by atoms with Gasteiger partial charge >= 0.3 is 0 Å². The average Bonchev–Trinajstić information content (AvgIpc) is 3.25. The zero-order valence-electron chi connectivity index (χ0n) is 20.5. The standard InChI is InChI=1S/C27H33N5O3/c1-16(2)30-25-23(27(35)31-22-10-4-18(5-11-22)12-17(3)33)14-29-32-15-21(13-24(25)32)19-6-8-20(9-7-19)26(28)34/h6-9,13-16,18,22,30H,4-5,10-12H2,1-3H3,(H2,28,34)(H,31,35). The van der Waals surface area contributed by atoms with Gasteiger partial charge in [-0.15, -0.1) is 0 Å². The molecule has 1 aliphatic rings. The molecule has 2 amide bonds. The normalized spacial score (nSPS) is 17.9. The lowest BCUT2D eigenvalue weighted by molar-refractivity contribution is -0.118. The van der Waals surface area contributed by atoms with Gasteiger partial charge in [0.25, 0.3) is 5.91 Å². The number of hydrogen-bond donors (Lipinski definition) is 3. The topological polar surface area (TPSA) is 119 Å². The Morgan fingerprint density at radius 1 is 1.09 bits per heavy atom. The van der Waals surface area contributed by atoms with Crippen molar-refractivity contribution in [3.8, 4) is 11.1 Å². The molecule has 0 saturated heterocycles. The Kier molecular flexibility index (Phi) is 7.19. The summed E-state index contributed by atoms with van der Waals surface area (Å²) in [6, 6.07) is 9.29. The summed E-state index contributed by atoms with van der Waals surface area (Å²) in [6.07, 6.45) is 7.80. The Morgan fingerprint density at radius 2 is 1.77 bits per heavy atom. The third-order valence-corrected chi connectivity index (χ3v) is 6.58. The van der Waals surface area contributed by atoms with Crippen LogP contribution in [0.15, 0.2) is 42.7 Å². The van der Waals surface area contributed by atoms with Gasteiger partial charge in [-0.1, -0.05) is 12.1 Å². The van der Waals surface area contributed by atoms with Gasteiger partial charge in [-0.3, -0.25) is 9.59 Å². The maximum absolute atomic E-state index is 13.3. The van der Waals surface area contributed by atoms with E-state index in [9.17, 15) is 14.4 Å². The Bertz CT molecular complexity index is 1240. The van der Waals surface area contributed by atoms with Crippen LogP contribution in [0.5, 0.6) is 0 Å². The number of Topliss-reactive ketones (excluding diaryl/α,β-unsaturated/α-hetero) is 1. The number of rotatable bonds is 8. The van der Waals surface area contributed by atoms with E-state index in [1.807, 2.05) is 38.2 Å². The molecule has 0 bridgehead atoms. The molecule has 0 spiro atoms. The number of amides is 2. The van der Waals surface area contributed by atoms with Crippen molar-refractivity contribution in [1.82, 2.24) is 14.9 Å². The molecule has 4 N–H and O–H groups in total. The minimum absolute atomic E-state index is 0.0972. The molecule has 1 aliphatic carbocycles. The first-order valence-electron chi connectivity index (χ1n) is 12.2. The predicted molar refractivity (Wildman–Crippen MR) is 136 cm³/mol. The molecule has 2 heterocycles. The van der Waals surface area contributed by atoms with Crippen LogP contribution in [0.4, 0.5) is 5.69 Å². The molecule has 1 fully saturated rings. The SMILES string of the molecule is CC(=O)CC1CCC(NC(=O)c2cnn3cc(-c4ccc(C(N)=O)cc4)cc3c2NC(C)C)CC1. The maximum atomic E-state index is 13.3. The van der Waals surface area contributed by atoms with E-state index < -0.39 is 5.91 Å². The highest BCUT2D eigenvalue weighted by molar-refractivity contribution is 6.03. The predicted octanol–water partition coefficient (Wildman–Crippen LogP) is 4.19. The molecule has 4 rings (SSSR count). The second-order valence-electron chi connectivity index (χ2n) is 9.83. The molecule has 0 radical (unpaired) electrons. The summed E-state index contributed by atoms with van der Waals surface area (Å²) in [4.78, 5) is 36.1. The Labute approximate surface area is 205 Å². The van der Waals surface area contributed by atoms with Crippen molar-refractivity contribution in [3.63, 3.8) is 0 Å². The van der Waals surface area contributed by atoms with Gasteiger partial charge in [0.2, 0.25) is 5.91 Å². The number of benzene rings is 1. The minimum atomic E-state index is -0.466. The lowest BCUT2D eigenvalue weighted by Gasteiger charge is -2.29. The number of ketones is 1. The number of fused-ring (bicyclic) bond motifs is 1. The number of primary amides is 1. The molecule has 35 heavy (non-hydrogen) atoms. The summed E-state index contributed by atoms with van der Waals surface area (Å²) < 4.78 is 1.76. The molecule has 8 nitrogen and oxygen atoms in total. The van der Waals surface area contributed by atoms with Gasteiger partial charge in [0.15, 0.2) is 0 Å². The van der Waals surface area contributed by atoms with Crippen LogP contribution in [-0.2, 0) is 4.79 Å². The number of aromatic nitrogens is 2. The molecule has 0 atom stereocenters. The molecule has 0 aliphatic heterocycles. The summed E-state index contributed by atoms with van der Waals surface area (Å²) in [5.41, 5.74) is 9.68. The fourth-order valence-corrected chi connectivity index (χ4v) is 4.83. The summed E-state index contributed by atoms with van der Waals surface area (Å²) in [5.74, 6) is 0.0445. The quantitative estimate of drug-likeness (QED) is 0.451. The van der Waals surface area contributed by atoms with Crippen molar-refractivity contribution in [2.45, 2.75) is 65.0 Å². The zero-order chi connectivity index (χ0) is 25.1. The van der Waals surface area contributed by atoms with Crippen LogP contribution < -0.4 is 16.4 Å². The van der Waals surface area contributed by atoms with E-state index in [-0.39, 0.29) is 23.8 Å². The molecule has 8 heteroatoms. The third kappa shape index (κ3) is 5.70. The minimum Gasteiger partial charge on any atom is -0.380 e. The van der Waals surface area contributed by atoms with Crippen LogP contribution in [0.3, 0.4) is 0 Å². The largest absolute Gasteiger partial charge is 0.380 e. The van der Waals surface area contributed by atoms with Crippen molar-refractivity contribution >= 4 is 28.8 Å². The van der Waals surface area contributed by atoms with Gasteiger partial charge in [0, 0.05) is 35.8 Å². The second kappa shape index (κ2) is 10.3. The second-order valence-corrected chi connectivity index (χ2v) is 9.83. The number of hydrogen-bond acceptors (Lipinski definition) is 5. The van der Waals surface area contributed by atoms with Crippen LogP contribution in [0.2, 0.25) is 0 Å². The van der Waals surface area contributed by atoms with Gasteiger partial charge in [-0.25, -0.2) is 4.52 Å². The maximum Gasteiger partial charge on any atom is 0.255 e. The van der Waals surface area contributed by atoms with Crippen molar-refractivity contribution in [3.05, 3.63) is 53.9 Å². The van der Waals surface area contributed by atoms with E-state index in [0.717, 1.165) is 48.0 Å². The molecule has 1 aromatic carbocycles. The summed E-state index contributed by atoms with van der Waals surface area (Å²) in [6.45, 7) is 5.70. The number of carbonyl (C=O) groups is 3. The number of nitrogens with two attached hydrogens (primary N) is 1. The van der Waals surface area contributed by atoms with Crippen molar-refractivity contribution < 1.29 is 14.4 Å². The Morgan fingerprint density at radius 3 is 2.37 bits per heavy atom. The van der Waals surface area contributed by atoms with Crippen molar-refractivity contribution in [1.29, 1.82) is 0 Å². The number of nitrogens with zero attached hydrogens (tertiary/aromatic N) is 2. The first-order valence-corrected chi connectivity index (χ1v) is 12.2. The number of anilines is 1. The highest BCUT2D eigenvalue weighted by atomic mass is 16.2. The van der Waals surface area contributed by atoms with Gasteiger partial charge in [-0.2, -0.15) is 5.10 Å². The van der Waals surface area contributed by atoms with Gasteiger partial charge in [0.05, 0.1) is 23.0 Å². The first-order chi connectivity index (χ1) is 16.7. The van der Waals surface area contributed by atoms with Gasteiger partial charge < -0.3 is 21.2 Å². The van der Waals surface area contributed by atoms with E-state index in [2.05, 4.69) is 15.7 Å². The smallest absolute Gasteiger partial charge is 0.255 e. The van der Waals surface area contributed by atoms with Crippen LogP contribution in [0, 0.1) is 5.92 Å². The summed E-state index contributed by atoms with van der Waals surface area (Å²) >= 11 is 0. The van der Waals surface area contributed by atoms with E-state index in [4.69, 9.17) is 5.73 Å². The van der Waals surface area contributed by atoms with E-state index in [0.29, 0.717) is 23.5 Å². The summed E-state index contributed by atoms with van der Waals surface area (Å²) in [5, 5.41) is 11.1. The fraction of sp³-hybridized carbons (Fsp3) is 0.407. The molecule has 1 saturated carbocycles. The Balaban J connectivity index is 1.58. The lowest BCUT2D eigenvalue weighted by Crippen LogP contribution is -2.38. The highest BCUT2D eigenvalue weighted by Gasteiger charge is 2.25. The molecule has 3 aromatic rings. The zero-order valence-corrected chi connectivity index (χ0v) is 20.5. The highest BCUT2D eigenvalue weighted by Crippen LogP contribution is 2.31. The Hall–Kier alpha value is -3.68. The van der Waals surface area contributed by atoms with E-state index in [1.165, 1.54) is 0 Å². The molecule has 2 aromatic heterocycles. The molecule has 184 valence electrons. The van der Waals surface area contributed by atoms with Gasteiger partial charge in [-0.05, 0) is 76.1 Å². The van der Waals surface area contributed by atoms with Crippen LogP contribution in [-0.4, -0.2) is 39.3 Å². The van der Waals surface area contributed by atoms with Crippen LogP contribution in [0.25, 0.3) is 16.6 Å². The molecular formula is C27H33N5O3. The van der Waals surface area contributed by atoms with E-state index in [1.54, 1.807) is 29.8 Å². The number of nitrogens with one attached hydrogen (secondary N) is 2. The molecule has 0 unspecified atom stereocenters. The molecular weight excluding hydrogens is 442 g/mol. The first kappa shape index (κ1) is 24.4. The third-order valence-electron chi connectivity index (χ3n) is 6.58. The van der Waals surface area contributed by atoms with Crippen LogP contribution in [0.1, 0.15) is 73.6 Å². The lowest BCUT2D eigenvalue weighted by atomic mass is 9.83. The number of carbonyl (C=O) groups excluding carboxylic acids is 3. The fourth-order valence-electron chi connectivity index (χ4n) is 4.83. The van der Waals surface area contributed by atoms with Gasteiger partial charge in [0.1, 0.15) is 5.78 Å².